The van der Waals surface area contributed by atoms with E-state index in [1.54, 1.807) is 18.7 Å². The summed E-state index contributed by atoms with van der Waals surface area (Å²) < 4.78 is 2.83. The number of nitrogens with one attached hydrogen (secondary N) is 2. The van der Waals surface area contributed by atoms with Crippen molar-refractivity contribution in [3.8, 4) is 0 Å². The molecule has 0 aliphatic rings. The molecule has 276 valence electrons. The Kier molecular flexibility index (Phi) is 17.5. The minimum Gasteiger partial charge on any atom is -0.481 e. The number of ketones is 1. The summed E-state index contributed by atoms with van der Waals surface area (Å²) in [5.41, 5.74) is 0. The highest BCUT2D eigenvalue weighted by molar-refractivity contribution is 5.94. The zero-order valence-corrected chi connectivity index (χ0v) is 28.0. The number of imidazole rings is 2. The summed E-state index contributed by atoms with van der Waals surface area (Å²) >= 11 is 0. The molecule has 2 aromatic heterocycles. The number of aliphatic carboxylic acids is 5. The standard InChI is InChI=1S/C28H37N7O13.C2H6/c1-15(2)19(36)10-33(11-20-29-5-7-34(20)13-22(37)31-4-3-16(24(39)40)25(41)42)12-21-30-6-8-35(21)14-23(38)32-18(28(47)48)9-17(26(43)44)27(45)46;1-2/h5-8,15-18H,3-4,9-14H2,1-2H3,(H,31,37)(H,32,38)(H,39,40)(H,41,42)(H,43,44)(H,45,46)(H,47,48);1-2H3. The van der Waals surface area contributed by atoms with E-state index in [0.717, 1.165) is 0 Å². The van der Waals surface area contributed by atoms with Gasteiger partial charge in [-0.05, 0) is 6.42 Å². The molecule has 1 atom stereocenters. The normalized spacial score (nSPS) is 11.5. The van der Waals surface area contributed by atoms with E-state index in [0.29, 0.717) is 5.82 Å². The molecule has 0 bridgehead atoms. The van der Waals surface area contributed by atoms with Crippen molar-refractivity contribution in [3.63, 3.8) is 0 Å². The summed E-state index contributed by atoms with van der Waals surface area (Å²) in [7, 11) is 0. The van der Waals surface area contributed by atoms with E-state index in [1.807, 2.05) is 13.8 Å². The highest BCUT2D eigenvalue weighted by Gasteiger charge is 2.33. The van der Waals surface area contributed by atoms with Crippen LogP contribution in [0.4, 0.5) is 0 Å². The molecular weight excluding hydrogens is 666 g/mol. The van der Waals surface area contributed by atoms with E-state index < -0.39 is 72.5 Å². The van der Waals surface area contributed by atoms with Crippen LogP contribution in [-0.4, -0.2) is 116 Å². The molecule has 2 aromatic rings. The van der Waals surface area contributed by atoms with E-state index in [1.165, 1.54) is 33.9 Å². The third kappa shape index (κ3) is 13.8. The highest BCUT2D eigenvalue weighted by Crippen LogP contribution is 2.12. The van der Waals surface area contributed by atoms with E-state index >= 15 is 0 Å². The first-order chi connectivity index (χ1) is 23.5. The summed E-state index contributed by atoms with van der Waals surface area (Å²) in [4.78, 5) is 104. The highest BCUT2D eigenvalue weighted by atomic mass is 16.4. The van der Waals surface area contributed by atoms with Gasteiger partial charge in [0.25, 0.3) is 0 Å². The molecule has 50 heavy (non-hydrogen) atoms. The van der Waals surface area contributed by atoms with Crippen molar-refractivity contribution in [2.75, 3.05) is 13.1 Å². The molecule has 0 aliphatic carbocycles. The second-order valence-corrected chi connectivity index (χ2v) is 11.0. The number of rotatable bonds is 22. The Labute approximate surface area is 286 Å². The first-order valence-electron chi connectivity index (χ1n) is 15.4. The number of amides is 2. The number of nitrogens with zero attached hydrogens (tertiary/aromatic N) is 5. The van der Waals surface area contributed by atoms with Crippen molar-refractivity contribution >= 4 is 47.4 Å². The van der Waals surface area contributed by atoms with Crippen molar-refractivity contribution in [2.24, 2.45) is 17.8 Å². The maximum absolute atomic E-state index is 12.7. The molecule has 7 N–H and O–H groups in total. The Bertz CT molecular complexity index is 1490. The van der Waals surface area contributed by atoms with Crippen LogP contribution < -0.4 is 10.6 Å². The molecule has 1 unspecified atom stereocenters. The van der Waals surface area contributed by atoms with Crippen LogP contribution in [0.25, 0.3) is 0 Å². The molecule has 0 saturated carbocycles. The lowest BCUT2D eigenvalue weighted by atomic mass is 10.00. The van der Waals surface area contributed by atoms with Gasteiger partial charge in [-0.2, -0.15) is 0 Å². The number of carboxylic acid groups (broad SMARTS) is 5. The fourth-order valence-electron chi connectivity index (χ4n) is 4.32. The van der Waals surface area contributed by atoms with Gasteiger partial charge in [0.15, 0.2) is 11.8 Å². The van der Waals surface area contributed by atoms with E-state index in [2.05, 4.69) is 20.6 Å². The Morgan fingerprint density at radius 3 is 1.60 bits per heavy atom. The number of carboxylic acids is 5. The van der Waals surface area contributed by atoms with Gasteiger partial charge in [-0.3, -0.25) is 38.5 Å². The van der Waals surface area contributed by atoms with Crippen LogP contribution in [0.5, 0.6) is 0 Å². The molecule has 0 spiro atoms. The van der Waals surface area contributed by atoms with Crippen LogP contribution in [-0.2, 0) is 64.5 Å². The van der Waals surface area contributed by atoms with Gasteiger partial charge >= 0.3 is 29.8 Å². The number of Topliss-reactive ketones (excluding diaryl/α,β-unsaturated/α-hetero) is 1. The van der Waals surface area contributed by atoms with Crippen molar-refractivity contribution in [2.45, 2.75) is 72.8 Å². The molecule has 2 amide bonds. The number of carbonyl (C=O) groups excluding carboxylic acids is 3. The van der Waals surface area contributed by atoms with E-state index in [9.17, 15) is 43.5 Å². The zero-order valence-electron chi connectivity index (χ0n) is 28.0. The maximum atomic E-state index is 12.7. The summed E-state index contributed by atoms with van der Waals surface area (Å²) in [5, 5.41) is 50.2. The van der Waals surface area contributed by atoms with Gasteiger partial charge in [0, 0.05) is 43.7 Å². The fourth-order valence-corrected chi connectivity index (χ4v) is 4.32. The molecule has 2 heterocycles. The summed E-state index contributed by atoms with van der Waals surface area (Å²) in [5.74, 6) is -13.3. The summed E-state index contributed by atoms with van der Waals surface area (Å²) in [6.45, 7) is 6.38. The van der Waals surface area contributed by atoms with Crippen LogP contribution in [0.3, 0.4) is 0 Å². The molecule has 0 fully saturated rings. The fraction of sp³-hybridized carbons (Fsp3) is 0.533. The van der Waals surface area contributed by atoms with Gasteiger partial charge in [-0.15, -0.1) is 0 Å². The predicted octanol–water partition coefficient (Wildman–Crippen LogP) is -0.630. The van der Waals surface area contributed by atoms with Gasteiger partial charge in [-0.1, -0.05) is 27.7 Å². The van der Waals surface area contributed by atoms with Crippen LogP contribution in [0, 0.1) is 17.8 Å². The van der Waals surface area contributed by atoms with Gasteiger partial charge < -0.3 is 45.3 Å². The van der Waals surface area contributed by atoms with Gasteiger partial charge in [0.05, 0.1) is 19.6 Å². The lowest BCUT2D eigenvalue weighted by Gasteiger charge is -2.23. The molecule has 0 radical (unpaired) electrons. The third-order valence-electron chi connectivity index (χ3n) is 7.04. The summed E-state index contributed by atoms with van der Waals surface area (Å²) in [6.07, 6.45) is 4.45. The molecule has 0 saturated heterocycles. The average molecular weight is 710 g/mol. The largest absolute Gasteiger partial charge is 0.481 e. The number of hydrogen-bond donors (Lipinski definition) is 7. The second kappa shape index (κ2) is 20.6. The summed E-state index contributed by atoms with van der Waals surface area (Å²) in [6, 6.07) is -1.81. The smallest absolute Gasteiger partial charge is 0.326 e. The number of aromatic nitrogens is 4. The Morgan fingerprint density at radius 1 is 0.720 bits per heavy atom. The Hall–Kier alpha value is -5.66. The average Bonchev–Trinajstić information content (AvgIpc) is 3.65. The Balaban J connectivity index is 0.00000613. The van der Waals surface area contributed by atoms with Crippen molar-refractivity contribution in [1.29, 1.82) is 0 Å². The maximum Gasteiger partial charge on any atom is 0.326 e. The SMILES string of the molecule is CC.CC(C)C(=O)CN(Cc1nccn1CC(=O)NCCC(C(=O)O)C(=O)O)Cc1nccn1CC(=O)NC(CC(C(=O)O)C(=O)O)C(=O)O. The van der Waals surface area contributed by atoms with Crippen molar-refractivity contribution in [3.05, 3.63) is 36.4 Å². The van der Waals surface area contributed by atoms with Crippen LogP contribution in [0.1, 0.15) is 52.2 Å². The molecule has 2 rings (SSSR count). The van der Waals surface area contributed by atoms with Gasteiger partial charge in [0.1, 0.15) is 36.6 Å². The van der Waals surface area contributed by atoms with Crippen LogP contribution in [0.2, 0.25) is 0 Å². The first-order valence-corrected chi connectivity index (χ1v) is 15.4. The first kappa shape index (κ1) is 42.4. The van der Waals surface area contributed by atoms with E-state index in [4.69, 9.17) is 20.4 Å². The van der Waals surface area contributed by atoms with Crippen LogP contribution in [0.15, 0.2) is 24.8 Å². The molecular formula is C30H43N7O13. The molecule has 20 nitrogen and oxygen atoms in total. The predicted molar refractivity (Wildman–Crippen MR) is 169 cm³/mol. The quantitative estimate of drug-likeness (QED) is 0.0749. The van der Waals surface area contributed by atoms with Crippen molar-refractivity contribution < 1.29 is 63.9 Å². The third-order valence-corrected chi connectivity index (χ3v) is 7.04. The van der Waals surface area contributed by atoms with Crippen LogP contribution >= 0.6 is 0 Å². The van der Waals surface area contributed by atoms with Crippen molar-refractivity contribution in [1.82, 2.24) is 34.6 Å². The van der Waals surface area contributed by atoms with E-state index in [-0.39, 0.29) is 56.7 Å². The lowest BCUT2D eigenvalue weighted by Crippen LogP contribution is -2.45. The minimum atomic E-state index is -2.07. The zero-order chi connectivity index (χ0) is 38.1. The molecule has 0 aliphatic heterocycles. The topological polar surface area (TPSA) is 301 Å². The number of carbonyl (C=O) groups is 8. The molecule has 20 heteroatoms. The number of hydrogen-bond acceptors (Lipinski definition) is 11. The van der Waals surface area contributed by atoms with Gasteiger partial charge in [0.2, 0.25) is 11.8 Å². The second-order valence-electron chi connectivity index (χ2n) is 11.0. The monoisotopic (exact) mass is 709 g/mol. The Morgan fingerprint density at radius 2 is 1.18 bits per heavy atom. The minimum absolute atomic E-state index is 0.0186. The molecule has 0 aromatic carbocycles. The van der Waals surface area contributed by atoms with Gasteiger partial charge in [-0.25, -0.2) is 14.8 Å². The lowest BCUT2D eigenvalue weighted by molar-refractivity contribution is -0.157.